The van der Waals surface area contributed by atoms with Gasteiger partial charge in [-0.2, -0.15) is 0 Å². The molecule has 7 rings (SSSR count). The van der Waals surface area contributed by atoms with Crippen molar-refractivity contribution >= 4 is 32.3 Å². The van der Waals surface area contributed by atoms with E-state index in [4.69, 9.17) is 0 Å². The minimum atomic E-state index is -0.472. The normalized spacial score (nSPS) is 12.1. The zero-order valence-corrected chi connectivity index (χ0v) is 21.2. The Kier molecular flexibility index (Phi) is 4.91. The summed E-state index contributed by atoms with van der Waals surface area (Å²) >= 11 is 0. The van der Waals surface area contributed by atoms with E-state index in [0.29, 0.717) is 0 Å². The maximum absolute atomic E-state index is 2.38. The molecule has 7 aromatic carbocycles. The first-order chi connectivity index (χ1) is 18.2. The summed E-state index contributed by atoms with van der Waals surface area (Å²) in [6.45, 7) is 4.53. The molecule has 0 fully saturated rings. The zero-order chi connectivity index (χ0) is 25.0. The van der Waals surface area contributed by atoms with Crippen LogP contribution in [0.25, 0.3) is 32.3 Å². The molecular formula is C37H28. The van der Waals surface area contributed by atoms with Crippen LogP contribution in [0.2, 0.25) is 0 Å². The lowest BCUT2D eigenvalue weighted by Gasteiger charge is -2.40. The van der Waals surface area contributed by atoms with Crippen LogP contribution in [0.15, 0.2) is 133 Å². The summed E-state index contributed by atoms with van der Waals surface area (Å²) < 4.78 is 0. The Labute approximate surface area is 218 Å². The molecule has 0 spiro atoms. The van der Waals surface area contributed by atoms with Crippen molar-refractivity contribution in [3.63, 3.8) is 0 Å². The van der Waals surface area contributed by atoms with Gasteiger partial charge >= 0.3 is 0 Å². The van der Waals surface area contributed by atoms with E-state index in [0.717, 1.165) is 0 Å². The summed E-state index contributed by atoms with van der Waals surface area (Å²) in [6.07, 6.45) is 0. The van der Waals surface area contributed by atoms with Gasteiger partial charge in [-0.3, -0.25) is 0 Å². The Morgan fingerprint density at radius 3 is 1.49 bits per heavy atom. The van der Waals surface area contributed by atoms with E-state index in [-0.39, 0.29) is 0 Å². The predicted octanol–water partition coefficient (Wildman–Crippen LogP) is 9.58. The highest BCUT2D eigenvalue weighted by atomic mass is 14.4. The molecule has 0 saturated heterocycles. The first kappa shape index (κ1) is 21.8. The number of rotatable bonds is 4. The molecule has 0 nitrogen and oxygen atoms in total. The van der Waals surface area contributed by atoms with Gasteiger partial charge in [-0.05, 0) is 79.5 Å². The molecule has 0 aliphatic heterocycles. The first-order valence-corrected chi connectivity index (χ1v) is 13.0. The molecule has 0 amide bonds. The second kappa shape index (κ2) is 8.32. The molecule has 0 heterocycles. The minimum absolute atomic E-state index is 0.472. The van der Waals surface area contributed by atoms with Crippen LogP contribution in [0.5, 0.6) is 0 Å². The van der Waals surface area contributed by atoms with E-state index in [1.54, 1.807) is 0 Å². The van der Waals surface area contributed by atoms with Crippen molar-refractivity contribution in [2.45, 2.75) is 19.3 Å². The molecule has 37 heavy (non-hydrogen) atoms. The number of benzene rings is 7. The molecule has 0 heteroatoms. The van der Waals surface area contributed by atoms with Crippen molar-refractivity contribution in [3.8, 4) is 0 Å². The highest BCUT2D eigenvalue weighted by Gasteiger charge is 2.41. The van der Waals surface area contributed by atoms with Gasteiger partial charge in [-0.15, -0.1) is 0 Å². The topological polar surface area (TPSA) is 0 Å². The molecule has 176 valence electrons. The van der Waals surface area contributed by atoms with Gasteiger partial charge in [-0.1, -0.05) is 133 Å². The Morgan fingerprint density at radius 2 is 0.892 bits per heavy atom. The number of aryl methyl sites for hydroxylation is 2. The van der Waals surface area contributed by atoms with Gasteiger partial charge in [0, 0.05) is 0 Å². The molecule has 0 radical (unpaired) electrons. The van der Waals surface area contributed by atoms with Crippen LogP contribution < -0.4 is 0 Å². The molecule has 0 atom stereocenters. The molecule has 0 aliphatic rings. The van der Waals surface area contributed by atoms with Crippen molar-refractivity contribution in [3.05, 3.63) is 167 Å². The molecule has 0 bridgehead atoms. The summed E-state index contributed by atoms with van der Waals surface area (Å²) in [5, 5.41) is 7.91. The number of hydrogen-bond donors (Lipinski definition) is 0. The van der Waals surface area contributed by atoms with Gasteiger partial charge in [0.1, 0.15) is 0 Å². The van der Waals surface area contributed by atoms with E-state index < -0.39 is 5.41 Å². The Bertz CT molecular complexity index is 1800. The molecule has 0 unspecified atom stereocenters. The van der Waals surface area contributed by atoms with Gasteiger partial charge in [0.2, 0.25) is 0 Å². The molecule has 0 aromatic heterocycles. The molecule has 0 aliphatic carbocycles. The van der Waals surface area contributed by atoms with Gasteiger partial charge in [0.05, 0.1) is 5.41 Å². The van der Waals surface area contributed by atoms with Crippen molar-refractivity contribution < 1.29 is 0 Å². The predicted molar refractivity (Wildman–Crippen MR) is 158 cm³/mol. The standard InChI is InChI=1S/C37H28/c1-25-11-9-12-26(2)36(25)37(30-15-5-3-6-16-30,31-17-7-4-8-18-31)33-24-22-29-20-19-27-13-10-14-28-21-23-32(33)35(29)34(27)28/h3-24H,1-2H3. The van der Waals surface area contributed by atoms with Crippen LogP contribution in [0.3, 0.4) is 0 Å². The Morgan fingerprint density at radius 1 is 0.405 bits per heavy atom. The monoisotopic (exact) mass is 472 g/mol. The molecule has 7 aromatic rings. The summed E-state index contributed by atoms with van der Waals surface area (Å²) in [7, 11) is 0. The highest BCUT2D eigenvalue weighted by Crippen LogP contribution is 2.51. The van der Waals surface area contributed by atoms with Gasteiger partial charge in [0.25, 0.3) is 0 Å². The molecule has 0 N–H and O–H groups in total. The Balaban J connectivity index is 1.75. The average Bonchev–Trinajstić information content (AvgIpc) is 2.95. The van der Waals surface area contributed by atoms with Crippen LogP contribution >= 0.6 is 0 Å². The maximum Gasteiger partial charge on any atom is 0.0712 e. The first-order valence-electron chi connectivity index (χ1n) is 13.0. The van der Waals surface area contributed by atoms with Crippen LogP contribution in [0.1, 0.15) is 33.4 Å². The fourth-order valence-corrected chi connectivity index (χ4v) is 6.75. The van der Waals surface area contributed by atoms with Crippen molar-refractivity contribution in [2.24, 2.45) is 0 Å². The van der Waals surface area contributed by atoms with Crippen LogP contribution in [-0.4, -0.2) is 0 Å². The third-order valence-electron chi connectivity index (χ3n) is 8.20. The summed E-state index contributed by atoms with van der Waals surface area (Å²) in [5.74, 6) is 0. The van der Waals surface area contributed by atoms with Crippen LogP contribution in [0, 0.1) is 13.8 Å². The van der Waals surface area contributed by atoms with Gasteiger partial charge < -0.3 is 0 Å². The largest absolute Gasteiger partial charge is 0.0712 e. The third kappa shape index (κ3) is 3.09. The lowest BCUT2D eigenvalue weighted by molar-refractivity contribution is 0.739. The minimum Gasteiger partial charge on any atom is -0.0622 e. The van der Waals surface area contributed by atoms with Crippen LogP contribution in [0.4, 0.5) is 0 Å². The summed E-state index contributed by atoms with van der Waals surface area (Å²) in [5.41, 5.74) is 7.40. The maximum atomic E-state index is 2.38. The van der Waals surface area contributed by atoms with Crippen molar-refractivity contribution in [2.75, 3.05) is 0 Å². The number of hydrogen-bond acceptors (Lipinski definition) is 0. The Hall–Kier alpha value is -4.42. The van der Waals surface area contributed by atoms with E-state index in [1.165, 1.54) is 65.7 Å². The fourth-order valence-electron chi connectivity index (χ4n) is 6.75. The lowest BCUT2D eigenvalue weighted by atomic mass is 9.62. The second-order valence-electron chi connectivity index (χ2n) is 10.2. The summed E-state index contributed by atoms with van der Waals surface area (Å²) in [6, 6.07) is 49.4. The van der Waals surface area contributed by atoms with E-state index in [2.05, 4.69) is 147 Å². The van der Waals surface area contributed by atoms with Crippen LogP contribution in [-0.2, 0) is 5.41 Å². The van der Waals surface area contributed by atoms with Gasteiger partial charge in [0.15, 0.2) is 0 Å². The SMILES string of the molecule is Cc1cccc(C)c1C(c1ccccc1)(c1ccccc1)c1ccc2ccc3cccc4ccc1c2c34. The van der Waals surface area contributed by atoms with E-state index >= 15 is 0 Å². The third-order valence-corrected chi connectivity index (χ3v) is 8.20. The van der Waals surface area contributed by atoms with E-state index in [9.17, 15) is 0 Å². The fraction of sp³-hybridized carbons (Fsp3) is 0.0811. The van der Waals surface area contributed by atoms with E-state index in [1.807, 2.05) is 0 Å². The van der Waals surface area contributed by atoms with Crippen molar-refractivity contribution in [1.82, 2.24) is 0 Å². The van der Waals surface area contributed by atoms with Crippen molar-refractivity contribution in [1.29, 1.82) is 0 Å². The average molecular weight is 473 g/mol. The lowest BCUT2D eigenvalue weighted by Crippen LogP contribution is -2.33. The molecule has 0 saturated carbocycles. The highest BCUT2D eigenvalue weighted by molar-refractivity contribution is 6.23. The quantitative estimate of drug-likeness (QED) is 0.177. The molecular weight excluding hydrogens is 444 g/mol. The second-order valence-corrected chi connectivity index (χ2v) is 10.2. The summed E-state index contributed by atoms with van der Waals surface area (Å²) in [4.78, 5) is 0. The van der Waals surface area contributed by atoms with Gasteiger partial charge in [-0.25, -0.2) is 0 Å². The smallest absolute Gasteiger partial charge is 0.0622 e. The zero-order valence-electron chi connectivity index (χ0n) is 21.2.